The van der Waals surface area contributed by atoms with Crippen LogP contribution in [0.3, 0.4) is 0 Å². The molecule has 0 unspecified atom stereocenters. The molecule has 0 radical (unpaired) electrons. The summed E-state index contributed by atoms with van der Waals surface area (Å²) in [5.41, 5.74) is 5.85. The van der Waals surface area contributed by atoms with Crippen LogP contribution in [0.2, 0.25) is 0 Å². The number of nitrogens with zero attached hydrogens (tertiary/aromatic N) is 1. The molecule has 3 amide bonds. The largest absolute Gasteiger partial charge is 0.452 e. The van der Waals surface area contributed by atoms with Crippen molar-refractivity contribution in [3.05, 3.63) is 35.9 Å². The molecule has 0 atom stereocenters. The lowest BCUT2D eigenvalue weighted by Gasteiger charge is -2.16. The van der Waals surface area contributed by atoms with Crippen LogP contribution in [0.5, 0.6) is 0 Å². The first-order chi connectivity index (χ1) is 7.15. The molecule has 1 aromatic rings. The molecule has 0 aromatic heterocycles. The van der Waals surface area contributed by atoms with Crippen molar-refractivity contribution in [2.24, 2.45) is 5.73 Å². The summed E-state index contributed by atoms with van der Waals surface area (Å²) in [6.45, 7) is 0.114. The minimum absolute atomic E-state index is 0.114. The zero-order valence-electron chi connectivity index (χ0n) is 8.34. The number of ether oxygens (including phenoxy) is 1. The van der Waals surface area contributed by atoms with Gasteiger partial charge in [0.1, 0.15) is 0 Å². The Bertz CT molecular complexity index is 351. The molecule has 0 fully saturated rings. The van der Waals surface area contributed by atoms with Gasteiger partial charge in [0.2, 0.25) is 0 Å². The predicted octanol–water partition coefficient (Wildman–Crippen LogP) is 1.33. The van der Waals surface area contributed by atoms with Crippen molar-refractivity contribution in [3.8, 4) is 0 Å². The summed E-state index contributed by atoms with van der Waals surface area (Å²) in [4.78, 5) is 22.9. The SMILES string of the molecule is COC(=O)N(Cc1ccccc1)C(N)=O. The Hall–Kier alpha value is -2.04. The van der Waals surface area contributed by atoms with Crippen LogP contribution in [-0.2, 0) is 11.3 Å². The maximum absolute atomic E-state index is 11.2. The number of benzene rings is 1. The topological polar surface area (TPSA) is 72.6 Å². The number of methoxy groups -OCH3 is 1. The number of primary amides is 1. The van der Waals surface area contributed by atoms with E-state index in [1.165, 1.54) is 7.11 Å². The van der Waals surface area contributed by atoms with Crippen LogP contribution < -0.4 is 5.73 Å². The summed E-state index contributed by atoms with van der Waals surface area (Å²) in [6.07, 6.45) is -0.758. The van der Waals surface area contributed by atoms with Gasteiger partial charge in [-0.2, -0.15) is 0 Å². The lowest BCUT2D eigenvalue weighted by Crippen LogP contribution is -2.39. The summed E-state index contributed by atoms with van der Waals surface area (Å²) in [6, 6.07) is 8.22. The van der Waals surface area contributed by atoms with E-state index >= 15 is 0 Å². The molecule has 0 heterocycles. The van der Waals surface area contributed by atoms with Crippen LogP contribution in [0.15, 0.2) is 30.3 Å². The fourth-order valence-electron chi connectivity index (χ4n) is 1.11. The van der Waals surface area contributed by atoms with Crippen LogP contribution in [0.25, 0.3) is 0 Å². The van der Waals surface area contributed by atoms with Gasteiger partial charge in [0.05, 0.1) is 13.7 Å². The third kappa shape index (κ3) is 2.98. The number of carbonyl (C=O) groups is 2. The van der Waals surface area contributed by atoms with Gasteiger partial charge in [0.15, 0.2) is 0 Å². The van der Waals surface area contributed by atoms with Crippen molar-refractivity contribution in [2.75, 3.05) is 7.11 Å². The first kappa shape index (κ1) is 11.0. The Labute approximate surface area is 87.4 Å². The molecule has 0 aliphatic heterocycles. The Morgan fingerprint density at radius 3 is 2.40 bits per heavy atom. The minimum atomic E-state index is -0.828. The van der Waals surface area contributed by atoms with Crippen molar-refractivity contribution < 1.29 is 14.3 Å². The smallest absolute Gasteiger partial charge is 0.418 e. The zero-order chi connectivity index (χ0) is 11.3. The number of amides is 3. The first-order valence-corrected chi connectivity index (χ1v) is 4.34. The third-order valence-corrected chi connectivity index (χ3v) is 1.84. The minimum Gasteiger partial charge on any atom is -0.452 e. The average Bonchev–Trinajstić information content (AvgIpc) is 2.26. The van der Waals surface area contributed by atoms with Crippen LogP contribution >= 0.6 is 0 Å². The van der Waals surface area contributed by atoms with Crippen LogP contribution in [0.1, 0.15) is 5.56 Å². The van der Waals surface area contributed by atoms with E-state index in [2.05, 4.69) is 4.74 Å². The Morgan fingerprint density at radius 1 is 1.33 bits per heavy atom. The highest BCUT2D eigenvalue weighted by molar-refractivity contribution is 5.89. The van der Waals surface area contributed by atoms with Crippen molar-refractivity contribution >= 4 is 12.1 Å². The highest BCUT2D eigenvalue weighted by atomic mass is 16.5. The molecule has 0 aliphatic carbocycles. The van der Waals surface area contributed by atoms with E-state index < -0.39 is 12.1 Å². The summed E-state index contributed by atoms with van der Waals surface area (Å²) in [5.74, 6) is 0. The van der Waals surface area contributed by atoms with Crippen molar-refractivity contribution in [1.29, 1.82) is 0 Å². The van der Waals surface area contributed by atoms with Crippen molar-refractivity contribution in [3.63, 3.8) is 0 Å². The van der Waals surface area contributed by atoms with Crippen LogP contribution in [0, 0.1) is 0 Å². The number of rotatable bonds is 2. The Morgan fingerprint density at radius 2 is 1.93 bits per heavy atom. The highest BCUT2D eigenvalue weighted by Gasteiger charge is 2.19. The normalized spacial score (nSPS) is 9.40. The molecular formula is C10H12N2O3. The van der Waals surface area contributed by atoms with Crippen LogP contribution in [-0.4, -0.2) is 24.1 Å². The van der Waals surface area contributed by atoms with Crippen molar-refractivity contribution in [2.45, 2.75) is 6.54 Å². The van der Waals surface area contributed by atoms with E-state index in [1.54, 1.807) is 12.1 Å². The summed E-state index contributed by atoms with van der Waals surface area (Å²) in [7, 11) is 1.20. The average molecular weight is 208 g/mol. The third-order valence-electron chi connectivity index (χ3n) is 1.84. The standard InChI is InChI=1S/C10H12N2O3/c1-15-10(14)12(9(11)13)7-8-5-3-2-4-6-8/h2-6H,7H2,1H3,(H2,11,13). The van der Waals surface area contributed by atoms with Gasteiger partial charge in [0.25, 0.3) is 0 Å². The molecule has 0 saturated heterocycles. The van der Waals surface area contributed by atoms with Gasteiger partial charge in [-0.1, -0.05) is 30.3 Å². The maximum Gasteiger partial charge on any atom is 0.418 e. The first-order valence-electron chi connectivity index (χ1n) is 4.34. The van der Waals surface area contributed by atoms with Gasteiger partial charge in [-0.15, -0.1) is 0 Å². The van der Waals surface area contributed by atoms with Crippen LogP contribution in [0.4, 0.5) is 9.59 Å². The van der Waals surface area contributed by atoms with Gasteiger partial charge in [0, 0.05) is 0 Å². The predicted molar refractivity (Wildman–Crippen MR) is 54.0 cm³/mol. The molecule has 0 spiro atoms. The van der Waals surface area contributed by atoms with E-state index in [4.69, 9.17) is 5.73 Å². The van der Waals surface area contributed by atoms with E-state index in [0.717, 1.165) is 10.5 Å². The maximum atomic E-state index is 11.2. The second-order valence-corrected chi connectivity index (χ2v) is 2.88. The number of hydrogen-bond acceptors (Lipinski definition) is 3. The van der Waals surface area contributed by atoms with E-state index in [9.17, 15) is 9.59 Å². The Balaban J connectivity index is 2.76. The summed E-state index contributed by atoms with van der Waals surface area (Å²) >= 11 is 0. The molecule has 0 saturated carbocycles. The van der Waals surface area contributed by atoms with Gasteiger partial charge < -0.3 is 10.5 Å². The fraction of sp³-hybridized carbons (Fsp3) is 0.200. The van der Waals surface area contributed by atoms with E-state index in [1.807, 2.05) is 18.2 Å². The number of nitrogens with two attached hydrogens (primary N) is 1. The van der Waals surface area contributed by atoms with Gasteiger partial charge in [-0.25, -0.2) is 14.5 Å². The molecule has 1 rings (SSSR count). The molecule has 15 heavy (non-hydrogen) atoms. The summed E-state index contributed by atoms with van der Waals surface area (Å²) < 4.78 is 4.43. The molecule has 2 N–H and O–H groups in total. The molecule has 0 bridgehead atoms. The molecule has 1 aromatic carbocycles. The van der Waals surface area contributed by atoms with Gasteiger partial charge in [-0.05, 0) is 5.56 Å². The quantitative estimate of drug-likeness (QED) is 0.796. The second-order valence-electron chi connectivity index (χ2n) is 2.88. The second kappa shape index (κ2) is 4.99. The molecule has 80 valence electrons. The molecular weight excluding hydrogens is 196 g/mol. The molecule has 5 nitrogen and oxygen atoms in total. The number of urea groups is 1. The lowest BCUT2D eigenvalue weighted by molar-refractivity contribution is 0.129. The lowest BCUT2D eigenvalue weighted by atomic mass is 10.2. The monoisotopic (exact) mass is 208 g/mol. The van der Waals surface area contributed by atoms with Gasteiger partial charge >= 0.3 is 12.1 Å². The van der Waals surface area contributed by atoms with E-state index in [0.29, 0.717) is 0 Å². The zero-order valence-corrected chi connectivity index (χ0v) is 8.34. The van der Waals surface area contributed by atoms with E-state index in [-0.39, 0.29) is 6.54 Å². The molecule has 0 aliphatic rings. The number of imide groups is 1. The van der Waals surface area contributed by atoms with Gasteiger partial charge in [-0.3, -0.25) is 0 Å². The van der Waals surface area contributed by atoms with Crippen molar-refractivity contribution in [1.82, 2.24) is 4.90 Å². The highest BCUT2D eigenvalue weighted by Crippen LogP contribution is 2.05. The number of carbonyl (C=O) groups excluding carboxylic acids is 2. The summed E-state index contributed by atoms with van der Waals surface area (Å²) in [5, 5.41) is 0. The molecule has 5 heteroatoms. The Kier molecular flexibility index (Phi) is 3.68. The fourth-order valence-corrected chi connectivity index (χ4v) is 1.11. The number of hydrogen-bond donors (Lipinski definition) is 1.